The number of hydrogen-bond donors (Lipinski definition) is 1. The smallest absolute Gasteiger partial charge is 0.263 e. The summed E-state index contributed by atoms with van der Waals surface area (Å²) in [4.78, 5) is 36.3. The summed E-state index contributed by atoms with van der Waals surface area (Å²) in [7, 11) is 3.91. The summed E-state index contributed by atoms with van der Waals surface area (Å²) < 4.78 is 1.62. The lowest BCUT2D eigenvalue weighted by atomic mass is 9.97. The highest BCUT2D eigenvalue weighted by molar-refractivity contribution is 7.18. The third-order valence-electron chi connectivity index (χ3n) is 6.57. The van der Waals surface area contributed by atoms with Gasteiger partial charge < -0.3 is 10.2 Å². The van der Waals surface area contributed by atoms with Crippen molar-refractivity contribution >= 4 is 33.1 Å². The Morgan fingerprint density at radius 1 is 1.18 bits per heavy atom. The molecule has 1 atom stereocenters. The normalized spacial score (nSPS) is 14.5. The summed E-state index contributed by atoms with van der Waals surface area (Å²) in [6.45, 7) is 6.48. The van der Waals surface area contributed by atoms with E-state index in [9.17, 15) is 9.59 Å². The summed E-state index contributed by atoms with van der Waals surface area (Å²) in [5.41, 5.74) is 4.16. The fourth-order valence-corrected chi connectivity index (χ4v) is 6.07. The molecular weight excluding hydrogens is 432 g/mol. The molecule has 2 aromatic heterocycles. The maximum atomic E-state index is 13.8. The second-order valence-electron chi connectivity index (χ2n) is 9.16. The van der Waals surface area contributed by atoms with E-state index < -0.39 is 6.04 Å². The van der Waals surface area contributed by atoms with Crippen LogP contribution in [0, 0.1) is 0 Å². The highest BCUT2D eigenvalue weighted by Gasteiger charge is 2.27. The highest BCUT2D eigenvalue weighted by atomic mass is 32.1. The van der Waals surface area contributed by atoms with Crippen LogP contribution in [0.2, 0.25) is 0 Å². The lowest BCUT2D eigenvalue weighted by Gasteiger charge is -2.22. The van der Waals surface area contributed by atoms with Crippen LogP contribution >= 0.6 is 11.3 Å². The zero-order valence-corrected chi connectivity index (χ0v) is 21.1. The molecule has 1 N–H and O–H groups in total. The number of carbonyl (C=O) groups excluding carboxylic acids is 1. The molecule has 1 unspecified atom stereocenters. The number of thiophene rings is 1. The molecule has 4 rings (SSSR count). The predicted octanol–water partition coefficient (Wildman–Crippen LogP) is 4.72. The molecule has 1 aromatic carbocycles. The van der Waals surface area contributed by atoms with E-state index in [0.717, 1.165) is 71.1 Å². The van der Waals surface area contributed by atoms with E-state index in [0.29, 0.717) is 12.4 Å². The highest BCUT2D eigenvalue weighted by Crippen LogP contribution is 2.34. The van der Waals surface area contributed by atoms with E-state index in [2.05, 4.69) is 19.2 Å². The van der Waals surface area contributed by atoms with Crippen molar-refractivity contribution in [3.8, 4) is 0 Å². The molecule has 0 saturated carbocycles. The standard InChI is InChI=1S/C26H34N4O2S/c1-6-17-11-10-12-18(7-2)23(17)28-24(31)16(3)30-21(15-29(4)5)27-25-22(26(30)32)19-13-8-9-14-20(19)33-25/h10-12,16H,6-9,13-15H2,1-5H3,(H,28,31). The molecule has 6 nitrogen and oxygen atoms in total. The Bertz CT molecular complexity index is 1220. The van der Waals surface area contributed by atoms with Crippen LogP contribution in [0.5, 0.6) is 0 Å². The van der Waals surface area contributed by atoms with Crippen molar-refractivity contribution in [2.75, 3.05) is 19.4 Å². The van der Waals surface area contributed by atoms with Crippen LogP contribution in [0.1, 0.15) is 67.0 Å². The third-order valence-corrected chi connectivity index (χ3v) is 7.75. The molecule has 0 aliphatic heterocycles. The van der Waals surface area contributed by atoms with E-state index in [4.69, 9.17) is 4.98 Å². The zero-order valence-electron chi connectivity index (χ0n) is 20.3. The Kier molecular flexibility index (Phi) is 7.00. The molecule has 1 aliphatic rings. The number of carbonyl (C=O) groups is 1. The minimum absolute atomic E-state index is 0.0848. The second-order valence-corrected chi connectivity index (χ2v) is 10.2. The Morgan fingerprint density at radius 2 is 1.85 bits per heavy atom. The summed E-state index contributed by atoms with van der Waals surface area (Å²) in [6, 6.07) is 5.47. The van der Waals surface area contributed by atoms with E-state index >= 15 is 0 Å². The van der Waals surface area contributed by atoms with Crippen LogP contribution in [0.3, 0.4) is 0 Å². The quantitative estimate of drug-likeness (QED) is 0.547. The van der Waals surface area contributed by atoms with Crippen molar-refractivity contribution in [3.05, 3.63) is 55.9 Å². The van der Waals surface area contributed by atoms with Gasteiger partial charge in [0.15, 0.2) is 0 Å². The Hall–Kier alpha value is -2.51. The van der Waals surface area contributed by atoms with Gasteiger partial charge in [0.2, 0.25) is 5.91 Å². The van der Waals surface area contributed by atoms with E-state index in [1.807, 2.05) is 44.1 Å². The number of aromatic nitrogens is 2. The number of para-hydroxylation sites is 1. The molecule has 3 aromatic rings. The zero-order chi connectivity index (χ0) is 23.7. The molecule has 0 fully saturated rings. The first-order chi connectivity index (χ1) is 15.8. The summed E-state index contributed by atoms with van der Waals surface area (Å²) in [5, 5.41) is 3.88. The van der Waals surface area contributed by atoms with Gasteiger partial charge in [-0.3, -0.25) is 14.2 Å². The van der Waals surface area contributed by atoms with E-state index in [1.54, 1.807) is 15.9 Å². The van der Waals surface area contributed by atoms with Crippen LogP contribution in [0.4, 0.5) is 5.69 Å². The Morgan fingerprint density at radius 3 is 2.48 bits per heavy atom. The van der Waals surface area contributed by atoms with Crippen LogP contribution in [-0.2, 0) is 37.0 Å². The topological polar surface area (TPSA) is 67.2 Å². The molecule has 33 heavy (non-hydrogen) atoms. The Balaban J connectivity index is 1.80. The maximum absolute atomic E-state index is 13.8. The minimum atomic E-state index is -0.668. The number of aryl methyl sites for hydroxylation is 4. The van der Waals surface area contributed by atoms with Crippen molar-refractivity contribution < 1.29 is 4.79 Å². The van der Waals surface area contributed by atoms with Gasteiger partial charge in [-0.15, -0.1) is 11.3 Å². The average molecular weight is 467 g/mol. The lowest BCUT2D eigenvalue weighted by molar-refractivity contribution is -0.119. The Labute approximate surface area is 199 Å². The van der Waals surface area contributed by atoms with E-state index in [-0.39, 0.29) is 11.5 Å². The van der Waals surface area contributed by atoms with Crippen molar-refractivity contribution in [2.24, 2.45) is 0 Å². The average Bonchev–Trinajstić information content (AvgIpc) is 3.17. The molecule has 0 spiro atoms. The molecule has 1 aliphatic carbocycles. The number of benzene rings is 1. The summed E-state index contributed by atoms with van der Waals surface area (Å²) in [6.07, 6.45) is 5.86. The SMILES string of the molecule is CCc1cccc(CC)c1NC(=O)C(C)n1c(CN(C)C)nc2sc3c(c2c1=O)CCCC3. The number of fused-ring (bicyclic) bond motifs is 3. The van der Waals surface area contributed by atoms with Gasteiger partial charge in [-0.2, -0.15) is 0 Å². The van der Waals surface area contributed by atoms with Crippen LogP contribution < -0.4 is 10.9 Å². The van der Waals surface area contributed by atoms with Crippen molar-refractivity contribution in [1.29, 1.82) is 0 Å². The van der Waals surface area contributed by atoms with Gasteiger partial charge in [0.05, 0.1) is 11.9 Å². The van der Waals surface area contributed by atoms with Crippen LogP contribution in [0.15, 0.2) is 23.0 Å². The number of amides is 1. The largest absolute Gasteiger partial charge is 0.324 e. The van der Waals surface area contributed by atoms with Crippen molar-refractivity contribution in [2.45, 2.75) is 71.9 Å². The molecule has 7 heteroatoms. The number of nitrogens with zero attached hydrogens (tertiary/aromatic N) is 3. The number of rotatable bonds is 7. The van der Waals surface area contributed by atoms with E-state index in [1.165, 1.54) is 4.88 Å². The van der Waals surface area contributed by atoms with Gasteiger partial charge >= 0.3 is 0 Å². The summed E-state index contributed by atoms with van der Waals surface area (Å²) in [5.74, 6) is 0.455. The van der Waals surface area contributed by atoms with Gasteiger partial charge in [0.1, 0.15) is 16.7 Å². The fraction of sp³-hybridized carbons (Fsp3) is 0.500. The first-order valence-electron chi connectivity index (χ1n) is 12.0. The van der Waals surface area contributed by atoms with Gasteiger partial charge in [0.25, 0.3) is 5.56 Å². The molecule has 1 amide bonds. The van der Waals surface area contributed by atoms with Crippen LogP contribution in [0.25, 0.3) is 10.2 Å². The predicted molar refractivity (Wildman–Crippen MR) is 136 cm³/mol. The number of hydrogen-bond acceptors (Lipinski definition) is 5. The van der Waals surface area contributed by atoms with Crippen LogP contribution in [-0.4, -0.2) is 34.5 Å². The molecular formula is C26H34N4O2S. The van der Waals surface area contributed by atoms with Gasteiger partial charge in [-0.1, -0.05) is 32.0 Å². The van der Waals surface area contributed by atoms with Gasteiger partial charge in [-0.05, 0) is 76.2 Å². The van der Waals surface area contributed by atoms with Gasteiger partial charge in [0, 0.05) is 10.6 Å². The summed E-state index contributed by atoms with van der Waals surface area (Å²) >= 11 is 1.65. The molecule has 2 heterocycles. The first kappa shape index (κ1) is 23.6. The maximum Gasteiger partial charge on any atom is 0.263 e. The second kappa shape index (κ2) is 9.77. The van der Waals surface area contributed by atoms with Gasteiger partial charge in [-0.25, -0.2) is 4.98 Å². The number of nitrogens with one attached hydrogen (secondary N) is 1. The molecule has 0 bridgehead atoms. The fourth-order valence-electron chi connectivity index (χ4n) is 4.80. The molecule has 0 radical (unpaired) electrons. The minimum Gasteiger partial charge on any atom is -0.324 e. The lowest BCUT2D eigenvalue weighted by Crippen LogP contribution is -2.36. The van der Waals surface area contributed by atoms with Crippen molar-refractivity contribution in [3.63, 3.8) is 0 Å². The first-order valence-corrected chi connectivity index (χ1v) is 12.8. The number of anilines is 1. The third kappa shape index (κ3) is 4.49. The monoisotopic (exact) mass is 466 g/mol. The molecule has 176 valence electrons. The van der Waals surface area contributed by atoms with Crippen molar-refractivity contribution in [1.82, 2.24) is 14.5 Å². The molecule has 0 saturated heterocycles.